The zero-order valence-corrected chi connectivity index (χ0v) is 15.2. The molecule has 1 atom stereocenters. The maximum atomic E-state index is 12.1. The first-order valence-corrected chi connectivity index (χ1v) is 8.48. The van der Waals surface area contributed by atoms with Crippen LogP contribution in [0.1, 0.15) is 51.6 Å². The van der Waals surface area contributed by atoms with E-state index in [0.717, 1.165) is 11.1 Å². The van der Waals surface area contributed by atoms with Gasteiger partial charge in [-0.25, -0.2) is 9.59 Å². The molecule has 2 aromatic carbocycles. The van der Waals surface area contributed by atoms with Gasteiger partial charge in [0.15, 0.2) is 0 Å². The second kappa shape index (κ2) is 8.94. The van der Waals surface area contributed by atoms with Crippen LogP contribution in [0.5, 0.6) is 0 Å². The van der Waals surface area contributed by atoms with Crippen LogP contribution in [0.2, 0.25) is 0 Å². The molecule has 0 saturated heterocycles. The normalized spacial score (nSPS) is 11.5. The molecule has 5 nitrogen and oxygen atoms in total. The van der Waals surface area contributed by atoms with Gasteiger partial charge in [-0.2, -0.15) is 0 Å². The first-order chi connectivity index (χ1) is 12.4. The third-order valence-electron chi connectivity index (χ3n) is 3.90. The van der Waals surface area contributed by atoms with E-state index in [1.165, 1.54) is 0 Å². The number of esters is 3. The van der Waals surface area contributed by atoms with Crippen molar-refractivity contribution in [2.45, 2.75) is 39.7 Å². The highest BCUT2D eigenvalue weighted by molar-refractivity contribution is 5.97. The summed E-state index contributed by atoms with van der Waals surface area (Å²) in [5, 5.41) is 0. The largest absolute Gasteiger partial charge is 0.458 e. The number of benzene rings is 2. The average Bonchev–Trinajstić information content (AvgIpc) is 2.62. The topological polar surface area (TPSA) is 69.7 Å². The monoisotopic (exact) mass is 354 g/mol. The number of ether oxygens (including phenoxy) is 2. The van der Waals surface area contributed by atoms with Gasteiger partial charge < -0.3 is 9.47 Å². The first-order valence-electron chi connectivity index (χ1n) is 8.48. The third kappa shape index (κ3) is 5.55. The fourth-order valence-electron chi connectivity index (χ4n) is 2.26. The van der Waals surface area contributed by atoms with E-state index in [1.54, 1.807) is 43.3 Å². The first kappa shape index (κ1) is 19.4. The van der Waals surface area contributed by atoms with E-state index in [4.69, 9.17) is 9.47 Å². The van der Waals surface area contributed by atoms with Gasteiger partial charge in [0.05, 0.1) is 17.5 Å². The number of hydrogen-bond acceptors (Lipinski definition) is 5. The Kier molecular flexibility index (Phi) is 6.67. The highest BCUT2D eigenvalue weighted by Gasteiger charge is 2.21. The lowest BCUT2D eigenvalue weighted by Crippen LogP contribution is -2.23. The van der Waals surface area contributed by atoms with Crippen LogP contribution in [-0.2, 0) is 14.3 Å². The number of rotatable bonds is 6. The van der Waals surface area contributed by atoms with Crippen molar-refractivity contribution in [3.8, 4) is 0 Å². The molecule has 2 rings (SSSR count). The summed E-state index contributed by atoms with van der Waals surface area (Å²) in [6.45, 7) is 5.61. The van der Waals surface area contributed by atoms with Crippen LogP contribution in [0, 0.1) is 13.8 Å². The Morgan fingerprint density at radius 3 is 1.73 bits per heavy atom. The molecule has 0 saturated carbocycles. The van der Waals surface area contributed by atoms with E-state index >= 15 is 0 Å². The van der Waals surface area contributed by atoms with Crippen molar-refractivity contribution in [1.82, 2.24) is 0 Å². The number of carbonyl (C=O) groups is 3. The predicted molar refractivity (Wildman–Crippen MR) is 96.9 cm³/mol. The fourth-order valence-corrected chi connectivity index (χ4v) is 2.26. The summed E-state index contributed by atoms with van der Waals surface area (Å²) in [4.78, 5) is 36.1. The van der Waals surface area contributed by atoms with Gasteiger partial charge in [-0.1, -0.05) is 42.3 Å². The van der Waals surface area contributed by atoms with Gasteiger partial charge in [0.1, 0.15) is 6.10 Å². The van der Waals surface area contributed by atoms with Crippen LogP contribution in [0.3, 0.4) is 0 Å². The predicted octanol–water partition coefficient (Wildman–Crippen LogP) is 4.01. The second-order valence-electron chi connectivity index (χ2n) is 6.13. The summed E-state index contributed by atoms with van der Waals surface area (Å²) in [6, 6.07) is 13.7. The standard InChI is InChI=1S/C21H22O5/c1-4-18(25-20(23)16-9-5-14(2)6-10-16)13-19(22)26-21(24)17-11-7-15(3)8-12-17/h5-12,18H,4,13H2,1-3H3. The van der Waals surface area contributed by atoms with Gasteiger partial charge in [0, 0.05) is 0 Å². The lowest BCUT2D eigenvalue weighted by atomic mass is 10.1. The van der Waals surface area contributed by atoms with Crippen molar-refractivity contribution in [3.05, 3.63) is 70.8 Å². The summed E-state index contributed by atoms with van der Waals surface area (Å²) in [7, 11) is 0. The summed E-state index contributed by atoms with van der Waals surface area (Å²) in [6.07, 6.45) is -0.390. The summed E-state index contributed by atoms with van der Waals surface area (Å²) >= 11 is 0. The minimum atomic E-state index is -0.723. The Morgan fingerprint density at radius 1 is 0.808 bits per heavy atom. The third-order valence-corrected chi connectivity index (χ3v) is 3.90. The Balaban J connectivity index is 1.90. The molecule has 0 bridgehead atoms. The van der Waals surface area contributed by atoms with Gasteiger partial charge >= 0.3 is 17.9 Å². The maximum absolute atomic E-state index is 12.1. The van der Waals surface area contributed by atoms with Crippen molar-refractivity contribution in [2.24, 2.45) is 0 Å². The van der Waals surface area contributed by atoms with E-state index in [2.05, 4.69) is 0 Å². The molecule has 0 spiro atoms. The van der Waals surface area contributed by atoms with Crippen LogP contribution < -0.4 is 0 Å². The molecule has 136 valence electrons. The van der Waals surface area contributed by atoms with Crippen LogP contribution >= 0.6 is 0 Å². The molecule has 0 aromatic heterocycles. The van der Waals surface area contributed by atoms with E-state index in [1.807, 2.05) is 26.0 Å². The van der Waals surface area contributed by atoms with Crippen LogP contribution in [0.15, 0.2) is 48.5 Å². The molecule has 2 aromatic rings. The quantitative estimate of drug-likeness (QED) is 0.579. The van der Waals surface area contributed by atoms with Gasteiger partial charge in [-0.3, -0.25) is 4.79 Å². The molecular weight excluding hydrogens is 332 g/mol. The summed E-state index contributed by atoms with van der Waals surface area (Å²) in [5.74, 6) is -1.94. The molecule has 0 aliphatic heterocycles. The molecule has 0 aliphatic rings. The molecule has 26 heavy (non-hydrogen) atoms. The zero-order chi connectivity index (χ0) is 19.1. The Labute approximate surface area is 152 Å². The molecule has 5 heteroatoms. The van der Waals surface area contributed by atoms with Crippen molar-refractivity contribution >= 4 is 17.9 Å². The summed E-state index contributed by atoms with van der Waals surface area (Å²) < 4.78 is 10.2. The average molecular weight is 354 g/mol. The molecule has 0 N–H and O–H groups in total. The van der Waals surface area contributed by atoms with E-state index < -0.39 is 24.0 Å². The molecule has 0 heterocycles. The smallest absolute Gasteiger partial charge is 0.345 e. The molecule has 0 aliphatic carbocycles. The van der Waals surface area contributed by atoms with E-state index in [0.29, 0.717) is 17.5 Å². The molecule has 1 unspecified atom stereocenters. The van der Waals surface area contributed by atoms with Gasteiger partial charge in [0.2, 0.25) is 0 Å². The lowest BCUT2D eigenvalue weighted by molar-refractivity contribution is -0.140. The second-order valence-corrected chi connectivity index (χ2v) is 6.13. The van der Waals surface area contributed by atoms with Crippen LogP contribution in [0.4, 0.5) is 0 Å². The number of carbonyl (C=O) groups excluding carboxylic acids is 3. The van der Waals surface area contributed by atoms with E-state index in [9.17, 15) is 14.4 Å². The van der Waals surface area contributed by atoms with Crippen molar-refractivity contribution in [3.63, 3.8) is 0 Å². The van der Waals surface area contributed by atoms with Crippen LogP contribution in [-0.4, -0.2) is 24.0 Å². The molecule has 0 fully saturated rings. The van der Waals surface area contributed by atoms with Crippen LogP contribution in [0.25, 0.3) is 0 Å². The lowest BCUT2D eigenvalue weighted by Gasteiger charge is -2.15. The molecule has 0 amide bonds. The highest BCUT2D eigenvalue weighted by Crippen LogP contribution is 2.12. The number of hydrogen-bond donors (Lipinski definition) is 0. The minimum absolute atomic E-state index is 0.175. The Bertz CT molecular complexity index is 775. The Hall–Kier alpha value is -2.95. The van der Waals surface area contributed by atoms with Gasteiger partial charge in [0.25, 0.3) is 0 Å². The Morgan fingerprint density at radius 2 is 1.27 bits per heavy atom. The molecular formula is C21H22O5. The van der Waals surface area contributed by atoms with Gasteiger partial charge in [-0.05, 0) is 44.5 Å². The SMILES string of the molecule is CCC(CC(=O)OC(=O)c1ccc(C)cc1)OC(=O)c1ccc(C)cc1. The van der Waals surface area contributed by atoms with Crippen molar-refractivity contribution in [2.75, 3.05) is 0 Å². The summed E-state index contributed by atoms with van der Waals surface area (Å²) in [5.41, 5.74) is 2.75. The van der Waals surface area contributed by atoms with Crippen molar-refractivity contribution in [1.29, 1.82) is 0 Å². The minimum Gasteiger partial charge on any atom is -0.458 e. The highest BCUT2D eigenvalue weighted by atomic mass is 16.6. The number of aryl methyl sites for hydroxylation is 2. The van der Waals surface area contributed by atoms with Gasteiger partial charge in [-0.15, -0.1) is 0 Å². The fraction of sp³-hybridized carbons (Fsp3) is 0.286. The molecule has 0 radical (unpaired) electrons. The maximum Gasteiger partial charge on any atom is 0.345 e. The van der Waals surface area contributed by atoms with Crippen molar-refractivity contribution < 1.29 is 23.9 Å². The zero-order valence-electron chi connectivity index (χ0n) is 15.2. The van der Waals surface area contributed by atoms with E-state index in [-0.39, 0.29) is 6.42 Å².